The van der Waals surface area contributed by atoms with E-state index in [1.165, 1.54) is 0 Å². The van der Waals surface area contributed by atoms with Crippen LogP contribution in [0.15, 0.2) is 192 Å². The van der Waals surface area contributed by atoms with Crippen LogP contribution in [0.1, 0.15) is 5.48 Å². The molecule has 0 radical (unpaired) electrons. The average Bonchev–Trinajstić information content (AvgIpc) is 3.60. The molecule has 0 aliphatic rings. The van der Waals surface area contributed by atoms with Crippen LogP contribution in [0.2, 0.25) is 0 Å². The molecule has 0 atom stereocenters. The molecule has 2 heteroatoms. The molecule has 8 aromatic carbocycles. The second-order valence-electron chi connectivity index (χ2n) is 11.8. The van der Waals surface area contributed by atoms with Crippen LogP contribution in [0, 0.1) is 0 Å². The molecule has 0 amide bonds. The van der Waals surface area contributed by atoms with Crippen LogP contribution in [-0.2, 0) is 0 Å². The van der Waals surface area contributed by atoms with Gasteiger partial charge in [-0.3, -0.25) is 0 Å². The molecule has 1 heterocycles. The van der Waals surface area contributed by atoms with Crippen LogP contribution in [0.5, 0.6) is 0 Å². The minimum absolute atomic E-state index is 0.0928. The van der Waals surface area contributed by atoms with E-state index in [1.807, 2.05) is 138 Å². The highest BCUT2D eigenvalue weighted by molar-refractivity contribution is 6.19. The summed E-state index contributed by atoms with van der Waals surface area (Å²) in [6.45, 7) is 0. The number of furan rings is 1. The van der Waals surface area contributed by atoms with Crippen LogP contribution >= 0.6 is 0 Å². The molecule has 0 aliphatic heterocycles. The van der Waals surface area contributed by atoms with Crippen molar-refractivity contribution >= 4 is 49.8 Å². The number of para-hydroxylation sites is 1. The highest BCUT2D eigenvalue weighted by Gasteiger charge is 2.16. The largest absolute Gasteiger partial charge is 0.455 e. The SMILES string of the molecule is [2H]c1c([2H])c(N(c2ccccc2)c2ccc(-c3cccc4oc5c6ccccc6ccc5c34)cc2)c([2H])c([2H])c1-c1cccc(-c2ccccc2)c1. The number of benzene rings is 8. The zero-order chi connectivity index (χ0) is 35.3. The zero-order valence-electron chi connectivity index (χ0n) is 29.9. The van der Waals surface area contributed by atoms with E-state index in [0.29, 0.717) is 11.3 Å². The van der Waals surface area contributed by atoms with Crippen molar-refractivity contribution in [3.8, 4) is 33.4 Å². The minimum Gasteiger partial charge on any atom is -0.455 e. The molecule has 0 N–H and O–H groups in total. The van der Waals surface area contributed by atoms with Gasteiger partial charge >= 0.3 is 0 Å². The summed E-state index contributed by atoms with van der Waals surface area (Å²) in [7, 11) is 0. The number of hydrogen-bond acceptors (Lipinski definition) is 2. The molecule has 0 aliphatic carbocycles. The fraction of sp³-hybridized carbons (Fsp3) is 0. The quantitative estimate of drug-likeness (QED) is 0.185. The lowest BCUT2D eigenvalue weighted by Gasteiger charge is -2.26. The lowest BCUT2D eigenvalue weighted by Crippen LogP contribution is -2.09. The predicted octanol–water partition coefficient (Wildman–Crippen LogP) is 13.2. The summed E-state index contributed by atoms with van der Waals surface area (Å²) in [5, 5.41) is 4.30. The maximum atomic E-state index is 9.31. The summed E-state index contributed by atoms with van der Waals surface area (Å²) in [4.78, 5) is 1.81. The van der Waals surface area contributed by atoms with Crippen molar-refractivity contribution in [3.05, 3.63) is 188 Å². The Balaban J connectivity index is 1.17. The van der Waals surface area contributed by atoms with Gasteiger partial charge in [0, 0.05) is 33.2 Å². The van der Waals surface area contributed by atoms with Crippen LogP contribution in [0.3, 0.4) is 0 Å². The summed E-state index contributed by atoms with van der Waals surface area (Å²) in [5.74, 6) is 0. The molecule has 0 saturated carbocycles. The van der Waals surface area contributed by atoms with E-state index in [2.05, 4.69) is 30.3 Å². The van der Waals surface area contributed by atoms with Crippen LogP contribution in [0.25, 0.3) is 66.1 Å². The van der Waals surface area contributed by atoms with Gasteiger partial charge in [0.2, 0.25) is 0 Å². The Hall–Kier alpha value is -6.38. The van der Waals surface area contributed by atoms with Gasteiger partial charge in [0.05, 0.1) is 5.48 Å². The number of hydrogen-bond donors (Lipinski definition) is 0. The van der Waals surface area contributed by atoms with E-state index in [1.54, 1.807) is 0 Å². The minimum atomic E-state index is -0.115. The van der Waals surface area contributed by atoms with Crippen molar-refractivity contribution in [2.24, 2.45) is 0 Å². The number of anilines is 3. The summed E-state index contributed by atoms with van der Waals surface area (Å²) < 4.78 is 43.5. The third kappa shape index (κ3) is 4.92. The third-order valence-corrected chi connectivity index (χ3v) is 8.93. The first-order valence-electron chi connectivity index (χ1n) is 18.0. The molecule has 1 aromatic heterocycles. The topological polar surface area (TPSA) is 16.4 Å². The second kappa shape index (κ2) is 11.8. The number of rotatable bonds is 6. The Bertz CT molecular complexity index is 2750. The number of fused-ring (bicyclic) bond motifs is 5. The molecule has 0 bridgehead atoms. The van der Waals surface area contributed by atoms with Gasteiger partial charge in [-0.2, -0.15) is 0 Å². The molecule has 0 fully saturated rings. The summed E-state index contributed by atoms with van der Waals surface area (Å²) in [6, 6.07) is 53.4. The van der Waals surface area contributed by atoms with Gasteiger partial charge in [-0.05, 0) is 93.3 Å². The molecule has 9 rings (SSSR count). The van der Waals surface area contributed by atoms with Crippen molar-refractivity contribution in [1.82, 2.24) is 0 Å². The molecule has 2 nitrogen and oxygen atoms in total. The van der Waals surface area contributed by atoms with Gasteiger partial charge in [0.15, 0.2) is 0 Å². The van der Waals surface area contributed by atoms with Gasteiger partial charge in [0.1, 0.15) is 11.2 Å². The van der Waals surface area contributed by atoms with Crippen LogP contribution in [-0.4, -0.2) is 0 Å². The fourth-order valence-corrected chi connectivity index (χ4v) is 6.62. The molecular weight excluding hydrogens is 583 g/mol. The van der Waals surface area contributed by atoms with E-state index >= 15 is 0 Å². The first-order valence-corrected chi connectivity index (χ1v) is 16.0. The highest BCUT2D eigenvalue weighted by Crippen LogP contribution is 2.41. The smallest absolute Gasteiger partial charge is 0.143 e. The summed E-state index contributed by atoms with van der Waals surface area (Å²) in [5.41, 5.74) is 8.20. The molecular formula is C46H31NO. The Morgan fingerprint density at radius 2 is 1.06 bits per heavy atom. The fourth-order valence-electron chi connectivity index (χ4n) is 6.62. The maximum Gasteiger partial charge on any atom is 0.143 e. The van der Waals surface area contributed by atoms with Crippen molar-refractivity contribution in [2.75, 3.05) is 4.90 Å². The van der Waals surface area contributed by atoms with E-state index < -0.39 is 0 Å². The van der Waals surface area contributed by atoms with Gasteiger partial charge < -0.3 is 9.32 Å². The first-order chi connectivity index (χ1) is 25.5. The maximum absolute atomic E-state index is 9.31. The Kier molecular flexibility index (Phi) is 5.85. The lowest BCUT2D eigenvalue weighted by molar-refractivity contribution is 0.673. The monoisotopic (exact) mass is 617 g/mol. The predicted molar refractivity (Wildman–Crippen MR) is 202 cm³/mol. The molecule has 9 aromatic rings. The van der Waals surface area contributed by atoms with Crippen molar-refractivity contribution in [2.45, 2.75) is 0 Å². The van der Waals surface area contributed by atoms with Crippen LogP contribution < -0.4 is 4.90 Å². The Morgan fingerprint density at radius 3 is 1.85 bits per heavy atom. The Morgan fingerprint density at radius 1 is 0.417 bits per heavy atom. The standard InChI is InChI=1S/C46H31NO/c1-3-11-32(12-4-1)36-14-9-15-37(31-36)33-21-26-39(27-22-33)47(38-16-5-2-6-17-38)40-28-23-35(24-29-40)41-19-10-20-44-45(41)43-30-25-34-13-7-8-18-42(34)46(43)48-44/h1-31H/i21D,22D,26D,27D. The van der Waals surface area contributed by atoms with Crippen LogP contribution in [0.4, 0.5) is 17.1 Å². The zero-order valence-corrected chi connectivity index (χ0v) is 25.9. The van der Waals surface area contributed by atoms with E-state index in [0.717, 1.165) is 60.7 Å². The molecule has 48 heavy (non-hydrogen) atoms. The summed E-state index contributed by atoms with van der Waals surface area (Å²) in [6.07, 6.45) is 0. The summed E-state index contributed by atoms with van der Waals surface area (Å²) >= 11 is 0. The molecule has 0 unspecified atom stereocenters. The highest BCUT2D eigenvalue weighted by atomic mass is 16.3. The van der Waals surface area contributed by atoms with E-state index in [-0.39, 0.29) is 35.4 Å². The Labute approximate surface area is 285 Å². The van der Waals surface area contributed by atoms with E-state index in [4.69, 9.17) is 4.42 Å². The first kappa shape index (κ1) is 23.9. The second-order valence-corrected chi connectivity index (χ2v) is 11.8. The van der Waals surface area contributed by atoms with Crippen molar-refractivity contribution in [3.63, 3.8) is 0 Å². The average molecular weight is 618 g/mol. The third-order valence-electron chi connectivity index (χ3n) is 8.93. The van der Waals surface area contributed by atoms with Gasteiger partial charge in [-0.1, -0.05) is 133 Å². The molecule has 0 saturated heterocycles. The lowest BCUT2D eigenvalue weighted by atomic mass is 9.97. The van der Waals surface area contributed by atoms with Gasteiger partial charge in [-0.25, -0.2) is 0 Å². The van der Waals surface area contributed by atoms with Gasteiger partial charge in [0.25, 0.3) is 0 Å². The normalized spacial score (nSPS) is 12.5. The molecule has 0 spiro atoms. The van der Waals surface area contributed by atoms with Crippen molar-refractivity contribution in [1.29, 1.82) is 0 Å². The van der Waals surface area contributed by atoms with Crippen molar-refractivity contribution < 1.29 is 9.90 Å². The number of nitrogens with zero attached hydrogens (tertiary/aromatic N) is 1. The van der Waals surface area contributed by atoms with E-state index in [9.17, 15) is 5.48 Å². The molecule has 226 valence electrons. The van der Waals surface area contributed by atoms with Gasteiger partial charge in [-0.15, -0.1) is 0 Å².